The number of pyridine rings is 2. The van der Waals surface area contributed by atoms with Crippen molar-refractivity contribution >= 4 is 32.6 Å². The molecule has 0 bridgehead atoms. The fourth-order valence-electron chi connectivity index (χ4n) is 2.48. The second-order valence-electron chi connectivity index (χ2n) is 4.58. The third-order valence-electron chi connectivity index (χ3n) is 3.37. The summed E-state index contributed by atoms with van der Waals surface area (Å²) in [6, 6.07) is 16.5. The number of aromatic nitrogens is 3. The molecule has 0 aliphatic carbocycles. The quantitative estimate of drug-likeness (QED) is 0.522. The van der Waals surface area contributed by atoms with Gasteiger partial charge >= 0.3 is 0 Å². The van der Waals surface area contributed by atoms with Gasteiger partial charge in [0, 0.05) is 17.1 Å². The summed E-state index contributed by atoms with van der Waals surface area (Å²) in [5.74, 6) is 0. The molecule has 0 amide bonds. The van der Waals surface area contributed by atoms with E-state index >= 15 is 0 Å². The summed E-state index contributed by atoms with van der Waals surface area (Å²) in [6.45, 7) is 0. The number of imidazole rings is 1. The van der Waals surface area contributed by atoms with Gasteiger partial charge in [0.05, 0.1) is 6.20 Å². The van der Waals surface area contributed by atoms with Crippen LogP contribution in [0.25, 0.3) is 27.8 Å². The first-order valence-electron chi connectivity index (χ1n) is 6.31. The highest BCUT2D eigenvalue weighted by molar-refractivity contribution is 9.10. The molecule has 0 saturated heterocycles. The highest BCUT2D eigenvalue weighted by atomic mass is 79.9. The van der Waals surface area contributed by atoms with E-state index < -0.39 is 0 Å². The van der Waals surface area contributed by atoms with Gasteiger partial charge in [-0.2, -0.15) is 0 Å². The van der Waals surface area contributed by atoms with Crippen molar-refractivity contribution in [2.24, 2.45) is 0 Å². The van der Waals surface area contributed by atoms with Gasteiger partial charge in [-0.3, -0.25) is 4.40 Å². The zero-order valence-electron chi connectivity index (χ0n) is 10.5. The minimum Gasteiger partial charge on any atom is -0.270 e. The van der Waals surface area contributed by atoms with Gasteiger partial charge in [0.2, 0.25) is 0 Å². The Hall–Kier alpha value is -2.20. The summed E-state index contributed by atoms with van der Waals surface area (Å²) in [6.07, 6.45) is 3.62. The minimum absolute atomic E-state index is 0.909. The largest absolute Gasteiger partial charge is 0.270 e. The van der Waals surface area contributed by atoms with E-state index in [1.807, 2.05) is 34.9 Å². The normalized spacial score (nSPS) is 11.2. The molecule has 0 saturated carbocycles. The third-order valence-corrected chi connectivity index (χ3v) is 3.93. The molecule has 0 aliphatic heterocycles. The molecular formula is C16H10BrN3. The lowest BCUT2D eigenvalue weighted by molar-refractivity contribution is 1.16. The molecule has 1 aromatic carbocycles. The summed E-state index contributed by atoms with van der Waals surface area (Å²) >= 11 is 3.56. The molecule has 0 unspecified atom stereocenters. The van der Waals surface area contributed by atoms with Gasteiger partial charge in [0.15, 0.2) is 0 Å². The van der Waals surface area contributed by atoms with Crippen LogP contribution in [0.2, 0.25) is 0 Å². The Balaban J connectivity index is 2.20. The first kappa shape index (κ1) is 11.6. The Morgan fingerprint density at radius 1 is 0.900 bits per heavy atom. The first-order valence-corrected chi connectivity index (χ1v) is 7.10. The minimum atomic E-state index is 0.909. The summed E-state index contributed by atoms with van der Waals surface area (Å²) < 4.78 is 2.95. The number of hydrogen-bond acceptors (Lipinski definition) is 2. The summed E-state index contributed by atoms with van der Waals surface area (Å²) in [4.78, 5) is 8.99. The van der Waals surface area contributed by atoms with Crippen LogP contribution >= 0.6 is 15.9 Å². The zero-order chi connectivity index (χ0) is 13.5. The summed E-state index contributed by atoms with van der Waals surface area (Å²) in [5.41, 5.74) is 4.08. The highest BCUT2D eigenvalue weighted by Crippen LogP contribution is 2.30. The maximum Gasteiger partial charge on any atom is 0.147 e. The van der Waals surface area contributed by atoms with Crippen LogP contribution in [0.1, 0.15) is 0 Å². The number of fused-ring (bicyclic) bond motifs is 3. The van der Waals surface area contributed by atoms with Gasteiger partial charge in [0.1, 0.15) is 15.9 Å². The second kappa shape index (κ2) is 4.42. The molecule has 20 heavy (non-hydrogen) atoms. The molecule has 0 fully saturated rings. The third kappa shape index (κ3) is 1.65. The van der Waals surface area contributed by atoms with E-state index in [0.29, 0.717) is 0 Å². The molecule has 4 rings (SSSR count). The van der Waals surface area contributed by atoms with Crippen LogP contribution in [0.5, 0.6) is 0 Å². The lowest BCUT2D eigenvalue weighted by Crippen LogP contribution is -1.94. The first-order chi connectivity index (χ1) is 9.84. The van der Waals surface area contributed by atoms with E-state index in [4.69, 9.17) is 0 Å². The standard InChI is InChI=1S/C16H10BrN3/c17-14-10-19-16-13(11-5-2-1-3-6-11)9-12-7-4-8-18-15(12)20(14)16/h1-10H. The molecule has 0 N–H and O–H groups in total. The second-order valence-corrected chi connectivity index (χ2v) is 5.39. The van der Waals surface area contributed by atoms with Crippen LogP contribution in [-0.4, -0.2) is 14.4 Å². The summed E-state index contributed by atoms with van der Waals surface area (Å²) in [7, 11) is 0. The van der Waals surface area contributed by atoms with Crippen molar-refractivity contribution in [2.45, 2.75) is 0 Å². The van der Waals surface area contributed by atoms with Crippen molar-refractivity contribution in [3.8, 4) is 11.1 Å². The van der Waals surface area contributed by atoms with Gasteiger partial charge < -0.3 is 0 Å². The van der Waals surface area contributed by atoms with Crippen molar-refractivity contribution in [3.63, 3.8) is 0 Å². The molecule has 0 radical (unpaired) electrons. The lowest BCUT2D eigenvalue weighted by atomic mass is 10.1. The topological polar surface area (TPSA) is 30.2 Å². The fraction of sp³-hybridized carbons (Fsp3) is 0. The smallest absolute Gasteiger partial charge is 0.147 e. The molecule has 4 heteroatoms. The molecule has 4 aromatic rings. The molecule has 0 spiro atoms. The van der Waals surface area contributed by atoms with E-state index in [1.54, 1.807) is 6.20 Å². The average Bonchev–Trinajstić information content (AvgIpc) is 2.90. The zero-order valence-corrected chi connectivity index (χ0v) is 12.1. The van der Waals surface area contributed by atoms with E-state index in [2.05, 4.69) is 50.2 Å². The van der Waals surface area contributed by atoms with E-state index in [0.717, 1.165) is 32.4 Å². The number of nitrogens with zero attached hydrogens (tertiary/aromatic N) is 3. The number of rotatable bonds is 1. The Morgan fingerprint density at radius 2 is 1.75 bits per heavy atom. The lowest BCUT2D eigenvalue weighted by Gasteiger charge is -2.08. The van der Waals surface area contributed by atoms with Gasteiger partial charge in [-0.25, -0.2) is 9.97 Å². The maximum absolute atomic E-state index is 4.52. The van der Waals surface area contributed by atoms with E-state index in [1.165, 1.54) is 0 Å². The van der Waals surface area contributed by atoms with Crippen LogP contribution in [0.15, 0.2) is 65.5 Å². The van der Waals surface area contributed by atoms with Gasteiger partial charge in [-0.15, -0.1) is 0 Å². The molecule has 96 valence electrons. The average molecular weight is 324 g/mol. The molecule has 0 aliphatic rings. The monoisotopic (exact) mass is 323 g/mol. The van der Waals surface area contributed by atoms with Crippen LogP contribution in [0, 0.1) is 0 Å². The Kier molecular flexibility index (Phi) is 2.57. The summed E-state index contributed by atoms with van der Waals surface area (Å²) in [5, 5.41) is 1.09. The number of benzene rings is 1. The van der Waals surface area contributed by atoms with Crippen molar-refractivity contribution in [1.29, 1.82) is 0 Å². The van der Waals surface area contributed by atoms with Crippen molar-refractivity contribution in [1.82, 2.24) is 14.4 Å². The predicted octanol–water partition coefficient (Wildman–Crippen LogP) is 4.31. The number of halogens is 1. The fourth-order valence-corrected chi connectivity index (χ4v) is 2.92. The highest BCUT2D eigenvalue weighted by Gasteiger charge is 2.12. The molecule has 3 heterocycles. The van der Waals surface area contributed by atoms with Crippen molar-refractivity contribution in [2.75, 3.05) is 0 Å². The Labute approximate surface area is 124 Å². The van der Waals surface area contributed by atoms with Gasteiger partial charge in [-0.1, -0.05) is 30.3 Å². The van der Waals surface area contributed by atoms with Crippen molar-refractivity contribution in [3.05, 3.63) is 65.5 Å². The molecule has 3 nitrogen and oxygen atoms in total. The SMILES string of the molecule is Brc1cnc2c(-c3ccccc3)cc3cccnc3n12. The predicted molar refractivity (Wildman–Crippen MR) is 83.6 cm³/mol. The molecule has 3 aromatic heterocycles. The van der Waals surface area contributed by atoms with E-state index in [9.17, 15) is 0 Å². The Bertz CT molecular complexity index is 913. The van der Waals surface area contributed by atoms with Crippen molar-refractivity contribution < 1.29 is 0 Å². The van der Waals surface area contributed by atoms with Gasteiger partial charge in [0.25, 0.3) is 0 Å². The van der Waals surface area contributed by atoms with Crippen LogP contribution in [-0.2, 0) is 0 Å². The number of hydrogen-bond donors (Lipinski definition) is 0. The van der Waals surface area contributed by atoms with Crippen LogP contribution in [0.3, 0.4) is 0 Å². The van der Waals surface area contributed by atoms with Crippen LogP contribution in [0.4, 0.5) is 0 Å². The van der Waals surface area contributed by atoms with Crippen LogP contribution < -0.4 is 0 Å². The van der Waals surface area contributed by atoms with E-state index in [-0.39, 0.29) is 0 Å². The molecular weight excluding hydrogens is 314 g/mol. The Morgan fingerprint density at radius 3 is 2.60 bits per heavy atom. The molecule has 0 atom stereocenters. The maximum atomic E-state index is 4.52. The van der Waals surface area contributed by atoms with Gasteiger partial charge in [-0.05, 0) is 39.7 Å².